The van der Waals surface area contributed by atoms with E-state index in [0.717, 1.165) is 5.56 Å². The lowest BCUT2D eigenvalue weighted by atomic mass is 10.3. The molecule has 0 fully saturated rings. The van der Waals surface area contributed by atoms with Gasteiger partial charge >= 0.3 is 0 Å². The first kappa shape index (κ1) is 16.2. The lowest BCUT2D eigenvalue weighted by Crippen LogP contribution is -2.26. The minimum Gasteiger partial charge on any atom is -0.369 e. The fourth-order valence-corrected chi connectivity index (χ4v) is 3.85. The summed E-state index contributed by atoms with van der Waals surface area (Å²) in [5, 5.41) is 7.10. The van der Waals surface area contributed by atoms with E-state index >= 15 is 0 Å². The Balaban J connectivity index is 2.24. The summed E-state index contributed by atoms with van der Waals surface area (Å²) in [7, 11) is -2.07. The van der Waals surface area contributed by atoms with Crippen molar-refractivity contribution in [3.63, 3.8) is 0 Å². The fourth-order valence-electron chi connectivity index (χ4n) is 1.76. The molecular formula is C13H16ClN3O2S2. The number of hydrogen-bond donors (Lipinski definition) is 1. The highest BCUT2D eigenvalue weighted by molar-refractivity contribution is 7.89. The summed E-state index contributed by atoms with van der Waals surface area (Å²) < 4.78 is 26.3. The Labute approximate surface area is 133 Å². The quantitative estimate of drug-likeness (QED) is 0.874. The van der Waals surface area contributed by atoms with E-state index in [9.17, 15) is 8.42 Å². The molecule has 0 saturated heterocycles. The number of pyridine rings is 1. The zero-order chi connectivity index (χ0) is 15.5. The number of nitrogens with zero attached hydrogens (tertiary/aromatic N) is 2. The third-order valence-corrected chi connectivity index (χ3v) is 5.64. The molecule has 0 amide bonds. The van der Waals surface area contributed by atoms with Crippen LogP contribution in [0, 0.1) is 0 Å². The van der Waals surface area contributed by atoms with Gasteiger partial charge in [-0.1, -0.05) is 11.6 Å². The Morgan fingerprint density at radius 3 is 2.81 bits per heavy atom. The van der Waals surface area contributed by atoms with E-state index in [0.29, 0.717) is 23.9 Å². The van der Waals surface area contributed by atoms with E-state index in [1.165, 1.54) is 27.9 Å². The van der Waals surface area contributed by atoms with Crippen LogP contribution in [-0.4, -0.2) is 31.3 Å². The molecule has 1 N–H and O–H groups in total. The van der Waals surface area contributed by atoms with E-state index in [1.54, 1.807) is 7.05 Å². The molecule has 0 bridgehead atoms. The summed E-state index contributed by atoms with van der Waals surface area (Å²) in [4.78, 5) is 4.16. The Kier molecular flexibility index (Phi) is 5.21. The standard InChI is InChI=1S/C13H16ClN3O2S2/c1-3-15-13-12(14)6-11(7-16-13)21(18,19)17(2)8-10-4-5-20-9-10/h4-7,9H,3,8H2,1-2H3,(H,15,16). The van der Waals surface area contributed by atoms with E-state index in [-0.39, 0.29) is 4.90 Å². The summed E-state index contributed by atoms with van der Waals surface area (Å²) >= 11 is 7.59. The summed E-state index contributed by atoms with van der Waals surface area (Å²) in [5.74, 6) is 0.485. The van der Waals surface area contributed by atoms with Gasteiger partial charge < -0.3 is 5.32 Å². The summed E-state index contributed by atoms with van der Waals surface area (Å²) in [6.45, 7) is 2.90. The van der Waals surface area contributed by atoms with Gasteiger partial charge in [-0.3, -0.25) is 0 Å². The van der Waals surface area contributed by atoms with E-state index in [1.807, 2.05) is 23.8 Å². The molecule has 0 unspecified atom stereocenters. The SMILES string of the molecule is CCNc1ncc(S(=O)(=O)N(C)Cc2ccsc2)cc1Cl. The molecule has 2 aromatic rings. The molecule has 0 spiro atoms. The van der Waals surface area contributed by atoms with Crippen molar-refractivity contribution in [1.29, 1.82) is 0 Å². The molecule has 0 aromatic carbocycles. The van der Waals surface area contributed by atoms with Crippen molar-refractivity contribution in [2.45, 2.75) is 18.4 Å². The molecular weight excluding hydrogens is 330 g/mol. The first-order valence-corrected chi connectivity index (χ1v) is 9.08. The second-order valence-electron chi connectivity index (χ2n) is 4.42. The number of nitrogens with one attached hydrogen (secondary N) is 1. The Morgan fingerprint density at radius 1 is 1.48 bits per heavy atom. The molecule has 21 heavy (non-hydrogen) atoms. The van der Waals surface area contributed by atoms with Crippen molar-refractivity contribution in [1.82, 2.24) is 9.29 Å². The molecule has 5 nitrogen and oxygen atoms in total. The van der Waals surface area contributed by atoms with Crippen LogP contribution in [0.5, 0.6) is 0 Å². The van der Waals surface area contributed by atoms with Crippen LogP contribution in [-0.2, 0) is 16.6 Å². The smallest absolute Gasteiger partial charge is 0.244 e. The molecule has 0 aliphatic carbocycles. The van der Waals surface area contributed by atoms with Crippen molar-refractivity contribution in [2.24, 2.45) is 0 Å². The Hall–Kier alpha value is -1.15. The van der Waals surface area contributed by atoms with Gasteiger partial charge in [-0.15, -0.1) is 0 Å². The zero-order valence-corrected chi connectivity index (χ0v) is 14.1. The van der Waals surface area contributed by atoms with Crippen molar-refractivity contribution < 1.29 is 8.42 Å². The first-order chi connectivity index (χ1) is 9.95. The minimum atomic E-state index is -3.61. The Bertz CT molecular complexity index is 702. The monoisotopic (exact) mass is 345 g/mol. The summed E-state index contributed by atoms with van der Waals surface area (Å²) in [6, 6.07) is 3.32. The zero-order valence-electron chi connectivity index (χ0n) is 11.7. The average Bonchev–Trinajstić information content (AvgIpc) is 2.94. The third-order valence-electron chi connectivity index (χ3n) is 2.85. The molecule has 8 heteroatoms. The predicted molar refractivity (Wildman–Crippen MR) is 86.4 cm³/mol. The predicted octanol–water partition coefficient (Wildman–Crippen LogP) is 3.05. The summed E-state index contributed by atoms with van der Waals surface area (Å²) in [6.07, 6.45) is 1.32. The number of rotatable bonds is 6. The maximum Gasteiger partial charge on any atom is 0.244 e. The molecule has 2 heterocycles. The lowest BCUT2D eigenvalue weighted by molar-refractivity contribution is 0.467. The molecule has 0 saturated carbocycles. The molecule has 114 valence electrons. The normalized spacial score (nSPS) is 11.8. The van der Waals surface area contributed by atoms with Gasteiger partial charge in [0.1, 0.15) is 10.7 Å². The van der Waals surface area contributed by atoms with Crippen molar-refractivity contribution in [3.05, 3.63) is 39.7 Å². The molecule has 0 atom stereocenters. The average molecular weight is 346 g/mol. The maximum absolute atomic E-state index is 12.5. The highest BCUT2D eigenvalue weighted by atomic mass is 35.5. The van der Waals surface area contributed by atoms with Crippen LogP contribution in [0.2, 0.25) is 5.02 Å². The van der Waals surface area contributed by atoms with E-state index in [4.69, 9.17) is 11.6 Å². The van der Waals surface area contributed by atoms with Gasteiger partial charge in [-0.25, -0.2) is 13.4 Å². The first-order valence-electron chi connectivity index (χ1n) is 6.32. The number of sulfonamides is 1. The molecule has 2 rings (SSSR count). The number of aromatic nitrogens is 1. The number of anilines is 1. The topological polar surface area (TPSA) is 62.3 Å². The van der Waals surface area contributed by atoms with Gasteiger partial charge in [0.2, 0.25) is 10.0 Å². The number of thiophene rings is 1. The van der Waals surface area contributed by atoms with Crippen LogP contribution in [0.25, 0.3) is 0 Å². The highest BCUT2D eigenvalue weighted by Crippen LogP contribution is 2.24. The highest BCUT2D eigenvalue weighted by Gasteiger charge is 2.22. The van der Waals surface area contributed by atoms with Crippen LogP contribution < -0.4 is 5.32 Å². The van der Waals surface area contributed by atoms with Crippen LogP contribution in [0.1, 0.15) is 12.5 Å². The van der Waals surface area contributed by atoms with E-state index in [2.05, 4.69) is 10.3 Å². The molecule has 0 aliphatic heterocycles. The molecule has 2 aromatic heterocycles. The van der Waals surface area contributed by atoms with Gasteiger partial charge in [0, 0.05) is 26.3 Å². The van der Waals surface area contributed by atoms with Crippen LogP contribution in [0.4, 0.5) is 5.82 Å². The fraction of sp³-hybridized carbons (Fsp3) is 0.308. The van der Waals surface area contributed by atoms with E-state index < -0.39 is 10.0 Å². The largest absolute Gasteiger partial charge is 0.369 e. The van der Waals surface area contributed by atoms with Crippen molar-refractivity contribution in [2.75, 3.05) is 18.9 Å². The summed E-state index contributed by atoms with van der Waals surface area (Å²) in [5.41, 5.74) is 0.953. The molecule has 0 aliphatic rings. The number of halogens is 1. The van der Waals surface area contributed by atoms with Gasteiger partial charge in [0.25, 0.3) is 0 Å². The number of hydrogen-bond acceptors (Lipinski definition) is 5. The lowest BCUT2D eigenvalue weighted by Gasteiger charge is -2.17. The second kappa shape index (κ2) is 6.74. The van der Waals surface area contributed by atoms with Crippen LogP contribution in [0.15, 0.2) is 34.0 Å². The maximum atomic E-state index is 12.5. The third kappa shape index (κ3) is 3.74. The van der Waals surface area contributed by atoms with Gasteiger partial charge in [-0.2, -0.15) is 15.6 Å². The second-order valence-corrected chi connectivity index (χ2v) is 7.66. The van der Waals surface area contributed by atoms with Crippen LogP contribution >= 0.6 is 22.9 Å². The van der Waals surface area contributed by atoms with Gasteiger partial charge in [0.15, 0.2) is 0 Å². The molecule has 0 radical (unpaired) electrons. The Morgan fingerprint density at radius 2 is 2.24 bits per heavy atom. The minimum absolute atomic E-state index is 0.0897. The van der Waals surface area contributed by atoms with Gasteiger partial charge in [-0.05, 0) is 35.4 Å². The van der Waals surface area contributed by atoms with Crippen molar-refractivity contribution >= 4 is 38.8 Å². The van der Waals surface area contributed by atoms with Crippen LogP contribution in [0.3, 0.4) is 0 Å². The van der Waals surface area contributed by atoms with Crippen molar-refractivity contribution in [3.8, 4) is 0 Å². The van der Waals surface area contributed by atoms with Gasteiger partial charge in [0.05, 0.1) is 5.02 Å².